The Morgan fingerprint density at radius 3 is 2.00 bits per heavy atom. The molecule has 2 unspecified atom stereocenters. The molecule has 1 aliphatic rings. The van der Waals surface area contributed by atoms with Crippen molar-refractivity contribution in [1.82, 2.24) is 0 Å². The van der Waals surface area contributed by atoms with Gasteiger partial charge in [-0.1, -0.05) is 13.2 Å². The van der Waals surface area contributed by atoms with Crippen LogP contribution in [0.1, 0.15) is 0 Å². The van der Waals surface area contributed by atoms with E-state index in [-0.39, 0.29) is 11.5 Å². The summed E-state index contributed by atoms with van der Waals surface area (Å²) in [5, 5.41) is 2.74. The molecule has 2 atom stereocenters. The summed E-state index contributed by atoms with van der Waals surface area (Å²) in [7, 11) is -2.17. The second-order valence-corrected chi connectivity index (χ2v) is 10.4. The van der Waals surface area contributed by atoms with Gasteiger partial charge in [-0.2, -0.15) is 0 Å². The van der Waals surface area contributed by atoms with Crippen molar-refractivity contribution >= 4 is 30.9 Å². The summed E-state index contributed by atoms with van der Waals surface area (Å²) in [6, 6.07) is 0. The Labute approximate surface area is 110 Å². The van der Waals surface area contributed by atoms with Gasteiger partial charge >= 0.3 is 8.56 Å². The molecule has 0 radical (unpaired) electrons. The van der Waals surface area contributed by atoms with Crippen molar-refractivity contribution in [2.24, 2.45) is 0 Å². The maximum absolute atomic E-state index is 11.6. The molecule has 1 saturated heterocycles. The van der Waals surface area contributed by atoms with Crippen molar-refractivity contribution in [3.63, 3.8) is 0 Å². The van der Waals surface area contributed by atoms with Crippen LogP contribution in [0.3, 0.4) is 0 Å². The third-order valence-electron chi connectivity index (χ3n) is 2.33. The maximum atomic E-state index is 11.6. The summed E-state index contributed by atoms with van der Waals surface area (Å²) in [6.07, 6.45) is 0. The minimum absolute atomic E-state index is 0.270. The van der Waals surface area contributed by atoms with Gasteiger partial charge < -0.3 is 18.0 Å². The van der Waals surface area contributed by atoms with E-state index in [2.05, 4.69) is 13.2 Å². The van der Waals surface area contributed by atoms with Crippen LogP contribution >= 0.6 is 0 Å². The van der Waals surface area contributed by atoms with Gasteiger partial charge in [-0.05, 0) is 35.4 Å². The van der Waals surface area contributed by atoms with Crippen LogP contribution in [0.25, 0.3) is 0 Å². The van der Waals surface area contributed by atoms with Crippen LogP contribution in [0.15, 0.2) is 24.0 Å². The minimum Gasteiger partial charge on any atom is -0.612 e. The molecule has 7 heteroatoms. The fraction of sp³-hybridized carbons (Fsp3) is 0.600. The zero-order valence-electron chi connectivity index (χ0n) is 10.1. The van der Waals surface area contributed by atoms with Crippen molar-refractivity contribution in [3.05, 3.63) is 24.0 Å². The first-order valence-corrected chi connectivity index (χ1v) is 10.7. The van der Waals surface area contributed by atoms with Gasteiger partial charge in [-0.15, -0.1) is 0 Å². The molecule has 1 heterocycles. The van der Waals surface area contributed by atoms with Gasteiger partial charge in [0, 0.05) is 0 Å². The minimum atomic E-state index is -2.17. The van der Waals surface area contributed by atoms with Crippen LogP contribution in [-0.4, -0.2) is 41.4 Å². The first-order valence-electron chi connectivity index (χ1n) is 5.16. The van der Waals surface area contributed by atoms with Crippen molar-refractivity contribution in [3.8, 4) is 0 Å². The predicted molar refractivity (Wildman–Crippen MR) is 73.7 cm³/mol. The van der Waals surface area contributed by atoms with E-state index < -0.39 is 36.5 Å². The average Bonchev–Trinajstić information content (AvgIpc) is 2.53. The molecule has 1 fully saturated rings. The van der Waals surface area contributed by atoms with Gasteiger partial charge in [0.25, 0.3) is 0 Å². The summed E-state index contributed by atoms with van der Waals surface area (Å²) in [5.41, 5.74) is -0.728. The monoisotopic (exact) mass is 294 g/mol. The number of hydrogen-bond acceptors (Lipinski definition) is 4. The highest BCUT2D eigenvalue weighted by Gasteiger charge is 2.52. The van der Waals surface area contributed by atoms with E-state index in [1.54, 1.807) is 0 Å². The molecule has 0 aliphatic carbocycles. The van der Waals surface area contributed by atoms with Crippen LogP contribution in [-0.2, 0) is 31.2 Å². The molecule has 0 saturated carbocycles. The Kier molecular flexibility index (Phi) is 5.33. The molecule has 0 aromatic carbocycles. The van der Waals surface area contributed by atoms with Crippen LogP contribution in [0.5, 0.6) is 0 Å². The lowest BCUT2D eigenvalue weighted by Gasteiger charge is -2.27. The Hall–Kier alpha value is 0.237. The molecule has 0 N–H and O–H groups in total. The zero-order valence-corrected chi connectivity index (χ0v) is 12.8. The summed E-state index contributed by atoms with van der Waals surface area (Å²) in [6.45, 7) is 11.2. The van der Waals surface area contributed by atoms with E-state index in [1.807, 2.05) is 13.1 Å². The standard InChI is InChI=1S/C10H18O4S2Si/c1-5-15(11)8-10(9-16(12)6-2)7-13-17(3,4)14-10/h5-6H,1-2,7-9H2,3-4H3. The Balaban J connectivity index is 2.78. The van der Waals surface area contributed by atoms with Gasteiger partial charge in [0.05, 0.1) is 6.61 Å². The van der Waals surface area contributed by atoms with Crippen molar-refractivity contribution in [2.75, 3.05) is 18.1 Å². The fourth-order valence-electron chi connectivity index (χ4n) is 1.71. The Morgan fingerprint density at radius 2 is 1.71 bits per heavy atom. The van der Waals surface area contributed by atoms with Crippen molar-refractivity contribution in [2.45, 2.75) is 18.7 Å². The van der Waals surface area contributed by atoms with E-state index in [9.17, 15) is 9.11 Å². The lowest BCUT2D eigenvalue weighted by molar-refractivity contribution is 0.139. The SMILES string of the molecule is C=C[S+]([O-])CC1(C[S+]([O-])C=C)CO[Si](C)(C)O1. The topological polar surface area (TPSA) is 64.6 Å². The van der Waals surface area contributed by atoms with Gasteiger partial charge in [-0.25, -0.2) is 0 Å². The first kappa shape index (κ1) is 15.3. The quantitative estimate of drug-likeness (QED) is 0.546. The second-order valence-electron chi connectivity index (χ2n) is 4.36. The molecule has 4 nitrogen and oxygen atoms in total. The van der Waals surface area contributed by atoms with Crippen LogP contribution in [0.4, 0.5) is 0 Å². The highest BCUT2D eigenvalue weighted by Crippen LogP contribution is 2.31. The third-order valence-corrected chi connectivity index (χ3v) is 6.46. The molecule has 1 rings (SSSR count). The normalized spacial score (nSPS) is 30.8. The highest BCUT2D eigenvalue weighted by molar-refractivity contribution is 7.95. The molecular formula is C10H18O4S2Si. The molecule has 98 valence electrons. The fourth-order valence-corrected chi connectivity index (χ4v) is 5.72. The number of rotatable bonds is 6. The average molecular weight is 294 g/mol. The molecule has 0 bridgehead atoms. The van der Waals surface area contributed by atoms with Crippen LogP contribution < -0.4 is 0 Å². The Morgan fingerprint density at radius 1 is 1.24 bits per heavy atom. The van der Waals surface area contributed by atoms with E-state index in [0.717, 1.165) is 0 Å². The van der Waals surface area contributed by atoms with Crippen LogP contribution in [0.2, 0.25) is 13.1 Å². The first-order chi connectivity index (χ1) is 7.82. The Bertz CT molecular complexity index is 282. The van der Waals surface area contributed by atoms with E-state index in [1.165, 1.54) is 10.8 Å². The molecule has 0 aromatic heterocycles. The van der Waals surface area contributed by atoms with E-state index in [0.29, 0.717) is 6.61 Å². The van der Waals surface area contributed by atoms with Gasteiger partial charge in [0.1, 0.15) is 22.3 Å². The van der Waals surface area contributed by atoms with E-state index in [4.69, 9.17) is 8.85 Å². The van der Waals surface area contributed by atoms with Gasteiger partial charge in [0.2, 0.25) is 0 Å². The largest absolute Gasteiger partial charge is 0.612 e. The summed E-state index contributed by atoms with van der Waals surface area (Å²) in [4.78, 5) is 0. The lowest BCUT2D eigenvalue weighted by atomic mass is 10.1. The summed E-state index contributed by atoms with van der Waals surface area (Å²) in [5.74, 6) is 0.541. The molecule has 0 amide bonds. The van der Waals surface area contributed by atoms with Gasteiger partial charge in [-0.3, -0.25) is 0 Å². The van der Waals surface area contributed by atoms with Crippen LogP contribution in [0, 0.1) is 0 Å². The third kappa shape index (κ3) is 4.44. The smallest absolute Gasteiger partial charge is 0.332 e. The highest BCUT2D eigenvalue weighted by atomic mass is 32.2. The maximum Gasteiger partial charge on any atom is 0.332 e. The lowest BCUT2D eigenvalue weighted by Crippen LogP contribution is -2.47. The predicted octanol–water partition coefficient (Wildman–Crippen LogP) is 1.26. The summed E-state index contributed by atoms with van der Waals surface area (Å²) < 4.78 is 34.7. The molecule has 0 spiro atoms. The summed E-state index contributed by atoms with van der Waals surface area (Å²) >= 11 is -2.39. The molecular weight excluding hydrogens is 276 g/mol. The van der Waals surface area contributed by atoms with Crippen molar-refractivity contribution in [1.29, 1.82) is 0 Å². The van der Waals surface area contributed by atoms with Gasteiger partial charge in [0.15, 0.2) is 5.60 Å². The molecule has 1 aliphatic heterocycles. The molecule has 0 aromatic rings. The second kappa shape index (κ2) is 5.92. The van der Waals surface area contributed by atoms with E-state index >= 15 is 0 Å². The molecule has 17 heavy (non-hydrogen) atoms. The number of hydrogen-bond donors (Lipinski definition) is 0. The zero-order chi connectivity index (χ0) is 13.1. The van der Waals surface area contributed by atoms with Crippen molar-refractivity contribution < 1.29 is 18.0 Å².